The zero-order valence-corrected chi connectivity index (χ0v) is 15.7. The molecule has 0 heterocycles. The Kier molecular flexibility index (Phi) is 7.98. The van der Waals surface area contributed by atoms with E-state index in [1.807, 2.05) is 30.3 Å². The van der Waals surface area contributed by atoms with Crippen molar-refractivity contribution in [3.8, 4) is 5.75 Å². The summed E-state index contributed by atoms with van der Waals surface area (Å²) in [5.74, 6) is -1.09. The minimum atomic E-state index is -1.12. The molecule has 2 aromatic carbocycles. The van der Waals surface area contributed by atoms with Crippen molar-refractivity contribution in [1.29, 1.82) is 0 Å². The number of carbonyl (C=O) groups is 2. The molecule has 0 aliphatic rings. The number of hydrogen-bond acceptors (Lipinski definition) is 5. The summed E-state index contributed by atoms with van der Waals surface area (Å²) in [6.07, 6.45) is 1.56. The highest BCUT2D eigenvalue weighted by molar-refractivity contribution is 5.89. The third-order valence-electron chi connectivity index (χ3n) is 4.58. The first kappa shape index (κ1) is 21.4. The van der Waals surface area contributed by atoms with Gasteiger partial charge in [-0.05, 0) is 42.5 Å². The SMILES string of the molecule is NC(=O)[C@@H](CO)N(CCCc1ccccc1)C(=O)[C@@H](N)Cc1ccc(O)cc1. The van der Waals surface area contributed by atoms with Gasteiger partial charge in [0.05, 0.1) is 12.6 Å². The fourth-order valence-electron chi connectivity index (χ4n) is 3.05. The van der Waals surface area contributed by atoms with Gasteiger partial charge in [0.25, 0.3) is 0 Å². The molecule has 28 heavy (non-hydrogen) atoms. The lowest BCUT2D eigenvalue weighted by Crippen LogP contribution is -2.55. The number of aliphatic hydroxyl groups is 1. The average molecular weight is 385 g/mol. The fraction of sp³-hybridized carbons (Fsp3) is 0.333. The lowest BCUT2D eigenvalue weighted by Gasteiger charge is -2.31. The number of primary amides is 1. The van der Waals surface area contributed by atoms with Gasteiger partial charge in [-0.15, -0.1) is 0 Å². The second-order valence-electron chi connectivity index (χ2n) is 6.70. The highest BCUT2D eigenvalue weighted by Crippen LogP contribution is 2.13. The predicted molar refractivity (Wildman–Crippen MR) is 106 cm³/mol. The third kappa shape index (κ3) is 6.07. The summed E-state index contributed by atoms with van der Waals surface area (Å²) in [7, 11) is 0. The Morgan fingerprint density at radius 3 is 2.21 bits per heavy atom. The van der Waals surface area contributed by atoms with Crippen molar-refractivity contribution in [1.82, 2.24) is 4.90 Å². The molecular formula is C21H27N3O4. The second-order valence-corrected chi connectivity index (χ2v) is 6.70. The summed E-state index contributed by atoms with van der Waals surface area (Å²) in [5, 5.41) is 18.9. The Morgan fingerprint density at radius 1 is 1.00 bits per heavy atom. The molecule has 0 bridgehead atoms. The van der Waals surface area contributed by atoms with E-state index in [2.05, 4.69) is 0 Å². The molecule has 0 radical (unpaired) electrons. The highest BCUT2D eigenvalue weighted by Gasteiger charge is 2.30. The van der Waals surface area contributed by atoms with Gasteiger partial charge in [-0.25, -0.2) is 0 Å². The van der Waals surface area contributed by atoms with Crippen LogP contribution >= 0.6 is 0 Å². The molecule has 0 fully saturated rings. The number of aryl methyl sites for hydroxylation is 1. The summed E-state index contributed by atoms with van der Waals surface area (Å²) in [4.78, 5) is 25.9. The van der Waals surface area contributed by atoms with Crippen LogP contribution in [0.25, 0.3) is 0 Å². The van der Waals surface area contributed by atoms with E-state index in [0.29, 0.717) is 12.8 Å². The Bertz CT molecular complexity index is 765. The van der Waals surface area contributed by atoms with E-state index in [1.54, 1.807) is 12.1 Å². The maximum atomic E-state index is 12.9. The molecule has 0 aliphatic heterocycles. The van der Waals surface area contributed by atoms with E-state index in [9.17, 15) is 19.8 Å². The van der Waals surface area contributed by atoms with Crippen molar-refractivity contribution < 1.29 is 19.8 Å². The van der Waals surface area contributed by atoms with E-state index in [-0.39, 0.29) is 18.7 Å². The zero-order chi connectivity index (χ0) is 20.5. The number of carbonyl (C=O) groups excluding carboxylic acids is 2. The molecule has 0 saturated carbocycles. The molecule has 0 unspecified atom stereocenters. The normalized spacial score (nSPS) is 12.9. The molecular weight excluding hydrogens is 358 g/mol. The van der Waals surface area contributed by atoms with Gasteiger partial charge in [0.15, 0.2) is 0 Å². The molecule has 2 atom stereocenters. The van der Waals surface area contributed by atoms with Gasteiger partial charge in [-0.1, -0.05) is 42.5 Å². The number of nitrogens with zero attached hydrogens (tertiary/aromatic N) is 1. The van der Waals surface area contributed by atoms with Crippen LogP contribution in [0.5, 0.6) is 5.75 Å². The average Bonchev–Trinajstić information content (AvgIpc) is 2.69. The van der Waals surface area contributed by atoms with Gasteiger partial charge < -0.3 is 26.6 Å². The van der Waals surface area contributed by atoms with Crippen molar-refractivity contribution in [3.63, 3.8) is 0 Å². The van der Waals surface area contributed by atoms with E-state index in [4.69, 9.17) is 11.5 Å². The van der Waals surface area contributed by atoms with Crippen molar-refractivity contribution in [2.45, 2.75) is 31.3 Å². The number of aliphatic hydroxyl groups excluding tert-OH is 1. The maximum Gasteiger partial charge on any atom is 0.242 e. The van der Waals surface area contributed by atoms with Crippen LogP contribution in [0.15, 0.2) is 54.6 Å². The number of hydrogen-bond donors (Lipinski definition) is 4. The molecule has 0 spiro atoms. The fourth-order valence-corrected chi connectivity index (χ4v) is 3.05. The van der Waals surface area contributed by atoms with Gasteiger partial charge in [0.2, 0.25) is 11.8 Å². The topological polar surface area (TPSA) is 130 Å². The van der Waals surface area contributed by atoms with Crippen molar-refractivity contribution in [3.05, 3.63) is 65.7 Å². The van der Waals surface area contributed by atoms with Crippen LogP contribution in [0, 0.1) is 0 Å². The van der Waals surface area contributed by atoms with Crippen LogP contribution in [0.2, 0.25) is 0 Å². The Balaban J connectivity index is 2.06. The molecule has 0 saturated heterocycles. The molecule has 2 rings (SSSR count). The van der Waals surface area contributed by atoms with Crippen molar-refractivity contribution >= 4 is 11.8 Å². The van der Waals surface area contributed by atoms with Crippen LogP contribution in [0.1, 0.15) is 17.5 Å². The van der Waals surface area contributed by atoms with E-state index in [0.717, 1.165) is 11.1 Å². The van der Waals surface area contributed by atoms with Crippen LogP contribution in [-0.2, 0) is 22.4 Å². The zero-order valence-electron chi connectivity index (χ0n) is 15.7. The summed E-state index contributed by atoms with van der Waals surface area (Å²) in [6.45, 7) is -0.302. The Labute approximate surface area is 164 Å². The number of aromatic hydroxyl groups is 1. The number of phenols is 1. The molecule has 0 aromatic heterocycles. The van der Waals surface area contributed by atoms with Gasteiger partial charge in [-0.2, -0.15) is 0 Å². The van der Waals surface area contributed by atoms with Crippen LogP contribution in [0.4, 0.5) is 0 Å². The standard InChI is InChI=1S/C21H27N3O4/c22-18(13-16-8-10-17(26)11-9-16)21(28)24(19(14-25)20(23)27)12-4-7-15-5-2-1-3-6-15/h1-3,5-6,8-11,18-19,25-26H,4,7,12-14,22H2,(H2,23,27)/t18-,19+/m0/s1. The number of nitrogens with two attached hydrogens (primary N) is 2. The summed E-state index contributed by atoms with van der Waals surface area (Å²) < 4.78 is 0. The monoisotopic (exact) mass is 385 g/mol. The number of amides is 2. The van der Waals surface area contributed by atoms with Crippen molar-refractivity contribution in [2.75, 3.05) is 13.2 Å². The highest BCUT2D eigenvalue weighted by atomic mass is 16.3. The predicted octanol–water partition coefficient (Wildman–Crippen LogP) is 0.570. The van der Waals surface area contributed by atoms with Gasteiger partial charge in [0.1, 0.15) is 11.8 Å². The van der Waals surface area contributed by atoms with Crippen LogP contribution in [-0.4, -0.2) is 52.2 Å². The second kappa shape index (κ2) is 10.4. The number of phenolic OH excluding ortho intramolecular Hbond substituents is 1. The lowest BCUT2D eigenvalue weighted by atomic mass is 10.0. The Hall–Kier alpha value is -2.90. The minimum absolute atomic E-state index is 0.125. The third-order valence-corrected chi connectivity index (χ3v) is 4.58. The number of benzene rings is 2. The molecule has 6 N–H and O–H groups in total. The van der Waals surface area contributed by atoms with Crippen LogP contribution < -0.4 is 11.5 Å². The van der Waals surface area contributed by atoms with Gasteiger partial charge in [0, 0.05) is 6.54 Å². The molecule has 7 heteroatoms. The first-order valence-corrected chi connectivity index (χ1v) is 9.20. The van der Waals surface area contributed by atoms with Gasteiger partial charge >= 0.3 is 0 Å². The number of rotatable bonds is 10. The van der Waals surface area contributed by atoms with Crippen molar-refractivity contribution in [2.24, 2.45) is 11.5 Å². The van der Waals surface area contributed by atoms with E-state index >= 15 is 0 Å². The first-order valence-electron chi connectivity index (χ1n) is 9.20. The molecule has 150 valence electrons. The molecule has 2 aromatic rings. The van der Waals surface area contributed by atoms with E-state index in [1.165, 1.54) is 17.0 Å². The van der Waals surface area contributed by atoms with E-state index < -0.39 is 30.5 Å². The summed E-state index contributed by atoms with van der Waals surface area (Å²) >= 11 is 0. The van der Waals surface area contributed by atoms with Gasteiger partial charge in [-0.3, -0.25) is 9.59 Å². The minimum Gasteiger partial charge on any atom is -0.508 e. The summed E-state index contributed by atoms with van der Waals surface area (Å²) in [5.41, 5.74) is 13.3. The molecule has 7 nitrogen and oxygen atoms in total. The maximum absolute atomic E-state index is 12.9. The summed E-state index contributed by atoms with van der Waals surface area (Å²) in [6, 6.07) is 14.2. The molecule has 0 aliphatic carbocycles. The largest absolute Gasteiger partial charge is 0.508 e. The smallest absolute Gasteiger partial charge is 0.242 e. The lowest BCUT2D eigenvalue weighted by molar-refractivity contribution is -0.141. The Morgan fingerprint density at radius 2 is 1.64 bits per heavy atom. The van der Waals surface area contributed by atoms with Crippen LogP contribution in [0.3, 0.4) is 0 Å². The quantitative estimate of drug-likeness (QED) is 0.475. The first-order chi connectivity index (χ1) is 13.4. The molecule has 2 amide bonds.